The van der Waals surface area contributed by atoms with Crippen LogP contribution >= 0.6 is 0 Å². The van der Waals surface area contributed by atoms with Crippen molar-refractivity contribution in [1.82, 2.24) is 4.90 Å². The predicted molar refractivity (Wildman–Crippen MR) is 95.2 cm³/mol. The third-order valence-electron chi connectivity index (χ3n) is 4.69. The van der Waals surface area contributed by atoms with Gasteiger partial charge in [-0.2, -0.15) is 0 Å². The number of benzene rings is 1. The van der Waals surface area contributed by atoms with Crippen molar-refractivity contribution in [3.63, 3.8) is 0 Å². The number of piperidine rings is 1. The largest absolute Gasteiger partial charge is 0.444 e. The van der Waals surface area contributed by atoms with Crippen molar-refractivity contribution in [2.45, 2.75) is 64.1 Å². The molecule has 0 radical (unpaired) electrons. The third-order valence-corrected chi connectivity index (χ3v) is 4.69. The van der Waals surface area contributed by atoms with Crippen molar-refractivity contribution in [2.24, 2.45) is 0 Å². The molecular formula is C19H24N2O4. The van der Waals surface area contributed by atoms with Crippen LogP contribution in [0.1, 0.15) is 52.0 Å². The second-order valence-electron chi connectivity index (χ2n) is 7.74. The Labute approximate surface area is 147 Å². The number of ether oxygens (including phenoxy) is 1. The summed E-state index contributed by atoms with van der Waals surface area (Å²) in [6.45, 7) is 5.63. The second kappa shape index (κ2) is 6.50. The standard InChI is InChI=1S/C19H24N2O4/c1-19(2,3)25-18(22)20-16-5-4-6-17(20)12-14(11-16)13-7-9-15(10-8-13)21(23)24/h7-11,16-17H,4-6,12H2,1-3H3. The van der Waals surface area contributed by atoms with E-state index < -0.39 is 10.5 Å². The lowest BCUT2D eigenvalue weighted by Gasteiger charge is -2.45. The Balaban J connectivity index is 1.83. The molecule has 0 aromatic heterocycles. The van der Waals surface area contributed by atoms with Gasteiger partial charge < -0.3 is 4.74 Å². The van der Waals surface area contributed by atoms with E-state index >= 15 is 0 Å². The van der Waals surface area contributed by atoms with Crippen LogP contribution in [0.2, 0.25) is 0 Å². The lowest BCUT2D eigenvalue weighted by Crippen LogP contribution is -2.53. The Morgan fingerprint density at radius 3 is 2.48 bits per heavy atom. The van der Waals surface area contributed by atoms with E-state index in [1.807, 2.05) is 25.7 Å². The molecule has 0 N–H and O–H groups in total. The van der Waals surface area contributed by atoms with Gasteiger partial charge in [0.05, 0.1) is 11.0 Å². The number of nitro groups is 1. The lowest BCUT2D eigenvalue weighted by atomic mass is 9.83. The third kappa shape index (κ3) is 3.83. The number of fused-ring (bicyclic) bond motifs is 2. The van der Waals surface area contributed by atoms with E-state index in [1.165, 1.54) is 12.1 Å². The summed E-state index contributed by atoms with van der Waals surface area (Å²) >= 11 is 0. The van der Waals surface area contributed by atoms with E-state index in [0.717, 1.165) is 36.8 Å². The SMILES string of the molecule is CC(C)(C)OC(=O)N1C2C=C(c3ccc([N+](=O)[O-])cc3)CC1CCC2. The van der Waals surface area contributed by atoms with Crippen LogP contribution in [-0.2, 0) is 4.74 Å². The maximum absolute atomic E-state index is 12.6. The molecule has 1 fully saturated rings. The van der Waals surface area contributed by atoms with Gasteiger partial charge in [0.1, 0.15) is 5.60 Å². The van der Waals surface area contributed by atoms with Gasteiger partial charge >= 0.3 is 6.09 Å². The first-order chi connectivity index (χ1) is 11.7. The molecule has 1 amide bonds. The Morgan fingerprint density at radius 1 is 1.24 bits per heavy atom. The zero-order valence-corrected chi connectivity index (χ0v) is 14.9. The van der Waals surface area contributed by atoms with Crippen molar-refractivity contribution in [2.75, 3.05) is 0 Å². The van der Waals surface area contributed by atoms with Gasteiger partial charge in [0.25, 0.3) is 5.69 Å². The molecule has 2 bridgehead atoms. The first-order valence-electron chi connectivity index (χ1n) is 8.71. The van der Waals surface area contributed by atoms with Crippen LogP contribution < -0.4 is 0 Å². The van der Waals surface area contributed by atoms with Crippen molar-refractivity contribution in [3.05, 3.63) is 46.0 Å². The molecule has 2 atom stereocenters. The molecular weight excluding hydrogens is 320 g/mol. The van der Waals surface area contributed by atoms with Crippen LogP contribution in [0.15, 0.2) is 30.3 Å². The summed E-state index contributed by atoms with van der Waals surface area (Å²) in [4.78, 5) is 24.9. The van der Waals surface area contributed by atoms with E-state index in [9.17, 15) is 14.9 Å². The molecule has 6 heteroatoms. The van der Waals surface area contributed by atoms with Gasteiger partial charge in [-0.05, 0) is 69.7 Å². The average molecular weight is 344 g/mol. The Morgan fingerprint density at radius 2 is 1.92 bits per heavy atom. The zero-order chi connectivity index (χ0) is 18.2. The molecule has 1 saturated heterocycles. The Kier molecular flexibility index (Phi) is 4.54. The van der Waals surface area contributed by atoms with E-state index in [0.29, 0.717) is 0 Å². The highest BCUT2D eigenvalue weighted by Gasteiger charge is 2.39. The highest BCUT2D eigenvalue weighted by atomic mass is 16.6. The van der Waals surface area contributed by atoms with Crippen LogP contribution in [0, 0.1) is 10.1 Å². The fourth-order valence-corrected chi connectivity index (χ4v) is 3.64. The molecule has 0 spiro atoms. The van der Waals surface area contributed by atoms with Crippen LogP contribution in [0.4, 0.5) is 10.5 Å². The number of nitro benzene ring substituents is 1. The number of carbonyl (C=O) groups is 1. The minimum Gasteiger partial charge on any atom is -0.444 e. The fraction of sp³-hybridized carbons (Fsp3) is 0.526. The normalized spacial score (nSPS) is 23.0. The molecule has 0 saturated carbocycles. The average Bonchev–Trinajstić information content (AvgIpc) is 2.52. The van der Waals surface area contributed by atoms with Gasteiger partial charge in [0, 0.05) is 18.2 Å². The molecule has 134 valence electrons. The Bertz CT molecular complexity index is 703. The molecule has 2 aliphatic rings. The van der Waals surface area contributed by atoms with Crippen molar-refractivity contribution in [3.8, 4) is 0 Å². The van der Waals surface area contributed by atoms with Gasteiger partial charge in [-0.1, -0.05) is 6.08 Å². The number of hydrogen-bond acceptors (Lipinski definition) is 4. The van der Waals surface area contributed by atoms with Crippen LogP contribution in [0.5, 0.6) is 0 Å². The van der Waals surface area contributed by atoms with Crippen LogP contribution in [0.3, 0.4) is 0 Å². The predicted octanol–water partition coefficient (Wildman–Crippen LogP) is 4.54. The summed E-state index contributed by atoms with van der Waals surface area (Å²) in [6, 6.07) is 6.82. The topological polar surface area (TPSA) is 72.7 Å². The quantitative estimate of drug-likeness (QED) is 0.583. The van der Waals surface area contributed by atoms with E-state index in [4.69, 9.17) is 4.74 Å². The summed E-state index contributed by atoms with van der Waals surface area (Å²) in [5.74, 6) is 0. The molecule has 6 nitrogen and oxygen atoms in total. The number of hydrogen-bond donors (Lipinski definition) is 0. The number of nitrogens with zero attached hydrogens (tertiary/aromatic N) is 2. The van der Waals surface area contributed by atoms with Gasteiger partial charge in [-0.25, -0.2) is 4.79 Å². The fourth-order valence-electron chi connectivity index (χ4n) is 3.64. The molecule has 1 aromatic carbocycles. The molecule has 25 heavy (non-hydrogen) atoms. The van der Waals surface area contributed by atoms with Crippen molar-refractivity contribution >= 4 is 17.4 Å². The number of non-ortho nitro benzene ring substituents is 1. The smallest absolute Gasteiger partial charge is 0.411 e. The van der Waals surface area contributed by atoms with Gasteiger partial charge in [0.15, 0.2) is 0 Å². The van der Waals surface area contributed by atoms with Gasteiger partial charge in [-0.15, -0.1) is 0 Å². The summed E-state index contributed by atoms with van der Waals surface area (Å²) in [7, 11) is 0. The molecule has 1 aromatic rings. The minimum absolute atomic E-state index is 0.0348. The molecule has 0 aliphatic carbocycles. The summed E-state index contributed by atoms with van der Waals surface area (Å²) in [5, 5.41) is 10.8. The van der Waals surface area contributed by atoms with Crippen LogP contribution in [-0.4, -0.2) is 33.6 Å². The molecule has 2 unspecified atom stereocenters. The van der Waals surface area contributed by atoms with Gasteiger partial charge in [0.2, 0.25) is 0 Å². The number of rotatable bonds is 2. The highest BCUT2D eigenvalue weighted by Crippen LogP contribution is 2.38. The maximum Gasteiger partial charge on any atom is 0.411 e. The molecule has 2 aliphatic heterocycles. The van der Waals surface area contributed by atoms with Gasteiger partial charge in [-0.3, -0.25) is 15.0 Å². The minimum atomic E-state index is -0.506. The highest BCUT2D eigenvalue weighted by molar-refractivity contribution is 5.75. The number of amides is 1. The van der Waals surface area contributed by atoms with E-state index in [-0.39, 0.29) is 23.9 Å². The monoisotopic (exact) mass is 344 g/mol. The molecule has 2 heterocycles. The number of carbonyl (C=O) groups excluding carboxylic acids is 1. The lowest BCUT2D eigenvalue weighted by molar-refractivity contribution is -0.384. The van der Waals surface area contributed by atoms with Crippen molar-refractivity contribution in [1.29, 1.82) is 0 Å². The summed E-state index contributed by atoms with van der Waals surface area (Å²) in [6.07, 6.45) is 5.61. The van der Waals surface area contributed by atoms with Crippen molar-refractivity contribution < 1.29 is 14.5 Å². The van der Waals surface area contributed by atoms with E-state index in [2.05, 4.69) is 6.08 Å². The summed E-state index contributed by atoms with van der Waals surface area (Å²) < 4.78 is 5.58. The van der Waals surface area contributed by atoms with Crippen LogP contribution in [0.25, 0.3) is 5.57 Å². The Hall–Kier alpha value is -2.37. The first-order valence-corrected chi connectivity index (χ1v) is 8.71. The zero-order valence-electron chi connectivity index (χ0n) is 14.9. The first kappa shape index (κ1) is 17.5. The van der Waals surface area contributed by atoms with E-state index in [1.54, 1.807) is 12.1 Å². The second-order valence-corrected chi connectivity index (χ2v) is 7.74. The maximum atomic E-state index is 12.6. The summed E-state index contributed by atoms with van der Waals surface area (Å²) in [5.41, 5.74) is 1.74. The molecule has 3 rings (SSSR count).